The van der Waals surface area contributed by atoms with E-state index in [-0.39, 0.29) is 16.1 Å². The molecule has 0 unspecified atom stereocenters. The molecule has 3 aromatic carbocycles. The molecule has 0 N–H and O–H groups in total. The molecule has 0 aliphatic carbocycles. The minimum atomic E-state index is -1.88. The van der Waals surface area contributed by atoms with Crippen molar-refractivity contribution in [1.82, 2.24) is 9.97 Å². The molecular weight excluding hydrogens is 558 g/mol. The summed E-state index contributed by atoms with van der Waals surface area (Å²) in [4.78, 5) is 9.16. The molecule has 2 heterocycles. The van der Waals surface area contributed by atoms with E-state index in [9.17, 15) is 0 Å². The minimum Gasteiger partial charge on any atom is -0.256 e. The summed E-state index contributed by atoms with van der Waals surface area (Å²) in [6.45, 7) is 3.72. The smallest absolute Gasteiger partial charge is 0.0704 e. The number of hydrogen-bond donors (Lipinski definition) is 0. The maximum atomic E-state index is 6.75. The van der Waals surface area contributed by atoms with Gasteiger partial charge in [-0.1, -0.05) is 110 Å². The van der Waals surface area contributed by atoms with Gasteiger partial charge >= 0.3 is 0 Å². The number of halogens is 1. The average molecular weight is 582 g/mol. The molecule has 16 radical (unpaired) electrons. The Labute approximate surface area is 282 Å². The predicted molar refractivity (Wildman–Crippen MR) is 193 cm³/mol. The third-order valence-electron chi connectivity index (χ3n) is 8.47. The van der Waals surface area contributed by atoms with Gasteiger partial charge in [0.25, 0.3) is 0 Å². The van der Waals surface area contributed by atoms with Crippen molar-refractivity contribution in [2.75, 3.05) is 0 Å². The second kappa shape index (κ2) is 12.2. The van der Waals surface area contributed by atoms with Gasteiger partial charge in [-0.2, -0.15) is 0 Å². The van der Waals surface area contributed by atoms with Gasteiger partial charge in [0.1, 0.15) is 0 Å². The highest BCUT2D eigenvalue weighted by molar-refractivity contribution is 6.55. The molecule has 2 nitrogen and oxygen atoms in total. The van der Waals surface area contributed by atoms with Crippen LogP contribution in [0.5, 0.6) is 0 Å². The van der Waals surface area contributed by atoms with Crippen molar-refractivity contribution >= 4 is 74.4 Å². The van der Waals surface area contributed by atoms with Crippen LogP contribution in [-0.2, 0) is 20.9 Å². The highest BCUT2D eigenvalue weighted by Crippen LogP contribution is 2.42. The zero-order chi connectivity index (χ0) is 32.8. The summed E-state index contributed by atoms with van der Waals surface area (Å²) in [5.41, 5.74) is 6.25. The number of aromatic nitrogens is 2. The van der Waals surface area contributed by atoms with Crippen molar-refractivity contribution in [1.29, 1.82) is 0 Å². The van der Waals surface area contributed by atoms with Gasteiger partial charge in [0, 0.05) is 28.5 Å². The van der Waals surface area contributed by atoms with E-state index in [1.807, 2.05) is 86.6 Å². The Balaban J connectivity index is 1.52. The average Bonchev–Trinajstić information content (AvgIpc) is 3.01. The zero-order valence-corrected chi connectivity index (χ0v) is 26.0. The molecule has 45 heavy (non-hydrogen) atoms. The van der Waals surface area contributed by atoms with E-state index < -0.39 is 20.9 Å². The zero-order valence-electron chi connectivity index (χ0n) is 25.2. The van der Waals surface area contributed by atoms with Gasteiger partial charge in [0.05, 0.1) is 74.2 Å². The first-order valence-corrected chi connectivity index (χ1v) is 14.6. The van der Waals surface area contributed by atoms with Crippen LogP contribution in [0.4, 0.5) is 0 Å². The largest absolute Gasteiger partial charge is 0.256 e. The molecular formula is C34H23B8ClN2. The van der Waals surface area contributed by atoms with E-state index in [4.69, 9.17) is 74.4 Å². The lowest BCUT2D eigenvalue weighted by Crippen LogP contribution is -2.54. The fourth-order valence-electron chi connectivity index (χ4n) is 5.50. The molecule has 0 saturated heterocycles. The first-order valence-electron chi connectivity index (χ1n) is 14.2. The second-order valence-electron chi connectivity index (χ2n) is 11.7. The monoisotopic (exact) mass is 582 g/mol. The van der Waals surface area contributed by atoms with Crippen molar-refractivity contribution in [3.8, 4) is 22.5 Å². The lowest BCUT2D eigenvalue weighted by Gasteiger charge is -2.48. The van der Waals surface area contributed by atoms with Crippen LogP contribution in [0.25, 0.3) is 22.5 Å². The third-order valence-corrected chi connectivity index (χ3v) is 8.69. The molecule has 2 aromatic heterocycles. The lowest BCUT2D eigenvalue weighted by atomic mass is 9.25. The van der Waals surface area contributed by atoms with Crippen molar-refractivity contribution in [3.63, 3.8) is 0 Å². The molecule has 5 rings (SSSR count). The van der Waals surface area contributed by atoms with Crippen molar-refractivity contribution < 1.29 is 0 Å². The number of hydrogen-bond acceptors (Lipinski definition) is 2. The maximum Gasteiger partial charge on any atom is 0.0704 e. The van der Waals surface area contributed by atoms with Crippen LogP contribution in [0.3, 0.4) is 0 Å². The Kier molecular flexibility index (Phi) is 8.97. The van der Waals surface area contributed by atoms with Crippen LogP contribution in [0, 0.1) is 13.8 Å². The minimum absolute atomic E-state index is 0.221. The number of nitrogens with zero attached hydrogens (tertiary/aromatic N) is 2. The summed E-state index contributed by atoms with van der Waals surface area (Å²) in [7, 11) is 53.9. The van der Waals surface area contributed by atoms with Gasteiger partial charge in [0.2, 0.25) is 0 Å². The summed E-state index contributed by atoms with van der Waals surface area (Å²) in [5.74, 6) is 0. The number of aryl methyl sites for hydroxylation is 2. The molecule has 0 bridgehead atoms. The summed E-state index contributed by atoms with van der Waals surface area (Å²) < 4.78 is 0. The van der Waals surface area contributed by atoms with Crippen LogP contribution in [0.15, 0.2) is 103 Å². The van der Waals surface area contributed by atoms with E-state index in [2.05, 4.69) is 9.97 Å². The Morgan fingerprint density at radius 1 is 0.489 bits per heavy atom. The van der Waals surface area contributed by atoms with Crippen molar-refractivity contribution in [2.24, 2.45) is 0 Å². The van der Waals surface area contributed by atoms with Gasteiger partial charge in [-0.3, -0.25) is 9.97 Å². The maximum absolute atomic E-state index is 6.75. The van der Waals surface area contributed by atoms with E-state index in [1.165, 1.54) is 0 Å². The molecule has 0 aliphatic rings. The summed E-state index contributed by atoms with van der Waals surface area (Å²) >= 11 is 6.58. The fraction of sp³-hybridized carbons (Fsp3) is 0.176. The second-order valence-corrected chi connectivity index (χ2v) is 12.1. The summed E-state index contributed by atoms with van der Waals surface area (Å²) in [6, 6.07) is 27.8. The van der Waals surface area contributed by atoms with E-state index in [0.717, 1.165) is 33.6 Å². The quantitative estimate of drug-likeness (QED) is 0.254. The first kappa shape index (κ1) is 33.1. The number of rotatable bonds is 8. The van der Waals surface area contributed by atoms with E-state index >= 15 is 0 Å². The Hall–Kier alpha value is -3.23. The number of pyridine rings is 2. The van der Waals surface area contributed by atoms with Gasteiger partial charge in [-0.15, -0.1) is 0 Å². The highest BCUT2D eigenvalue weighted by atomic mass is 35.5. The molecule has 200 valence electrons. The Bertz CT molecular complexity index is 1710. The Morgan fingerprint density at radius 2 is 0.844 bits per heavy atom. The van der Waals surface area contributed by atoms with Crippen LogP contribution < -0.4 is 0 Å². The van der Waals surface area contributed by atoms with Crippen LogP contribution >= 0.6 is 11.6 Å². The van der Waals surface area contributed by atoms with Crippen LogP contribution in [0.1, 0.15) is 33.4 Å². The van der Waals surface area contributed by atoms with Crippen molar-refractivity contribution in [2.45, 2.75) is 34.7 Å². The van der Waals surface area contributed by atoms with Crippen LogP contribution in [0.2, 0.25) is 5.02 Å². The van der Waals surface area contributed by atoms with Gasteiger partial charge in [0.15, 0.2) is 0 Å². The molecule has 5 aromatic rings. The van der Waals surface area contributed by atoms with Gasteiger partial charge in [-0.25, -0.2) is 0 Å². The Morgan fingerprint density at radius 3 is 1.18 bits per heavy atom. The topological polar surface area (TPSA) is 25.8 Å². The molecule has 0 atom stereocenters. The molecule has 0 aliphatic heterocycles. The van der Waals surface area contributed by atoms with Crippen molar-refractivity contribution in [3.05, 3.63) is 142 Å². The molecule has 0 spiro atoms. The lowest BCUT2D eigenvalue weighted by molar-refractivity contribution is 0.698. The van der Waals surface area contributed by atoms with E-state index in [1.54, 1.807) is 30.6 Å². The molecule has 11 heteroatoms. The van der Waals surface area contributed by atoms with Crippen LogP contribution in [-0.4, -0.2) is 72.7 Å². The van der Waals surface area contributed by atoms with E-state index in [0.29, 0.717) is 11.1 Å². The SMILES string of the molecule is [B]C([B])(c1cc(Cl)cc(C([B])([B])C([B])([B])c2cnc(-c3ccccc3)cc2C)c1)C([B])([B])c1cnc(-c2ccccc2)cc1C. The standard InChI is InChI=1S/C34H23B8ClN2/c1-20-13-29(22-9-5-3-6-10-22)44-18-27(20)33(39,40)31(35,36)24-15-25(17-26(43)16-24)32(37,38)34(41,42)28-19-45-30(14-21(28)2)23-11-7-4-8-12-23/h3-19H,1-2H3. The molecule has 0 saturated carbocycles. The normalized spacial score (nSPS) is 12.6. The number of benzene rings is 3. The fourth-order valence-corrected chi connectivity index (χ4v) is 5.74. The summed E-state index contributed by atoms with van der Waals surface area (Å²) in [6.07, 6.45) is 3.15. The van der Waals surface area contributed by atoms with Gasteiger partial charge < -0.3 is 0 Å². The summed E-state index contributed by atoms with van der Waals surface area (Å²) in [5, 5.41) is -7.18. The molecule has 0 amide bonds. The predicted octanol–water partition coefficient (Wildman–Crippen LogP) is 4.44. The highest BCUT2D eigenvalue weighted by Gasteiger charge is 2.42. The third kappa shape index (κ3) is 6.03. The molecule has 0 fully saturated rings. The van der Waals surface area contributed by atoms with Gasteiger partial charge in [-0.05, 0) is 60.4 Å². The first-order chi connectivity index (χ1) is 21.1.